The van der Waals surface area contributed by atoms with Gasteiger partial charge in [-0.25, -0.2) is 14.3 Å². The molecule has 0 saturated carbocycles. The number of fused-ring (bicyclic) bond motifs is 1. The number of hydrogen-bond donors (Lipinski definition) is 0. The van der Waals surface area contributed by atoms with Crippen molar-refractivity contribution in [3.05, 3.63) is 29.1 Å². The average molecular weight is 449 g/mol. The van der Waals surface area contributed by atoms with Gasteiger partial charge in [0.05, 0.1) is 21.7 Å². The fourth-order valence-corrected chi connectivity index (χ4v) is 5.45. The Kier molecular flexibility index (Phi) is 5.44. The molecule has 2 aromatic rings. The summed E-state index contributed by atoms with van der Waals surface area (Å²) in [6.45, 7) is 5.39. The first-order valence-corrected chi connectivity index (χ1v) is 11.5. The Labute approximate surface area is 181 Å². The molecule has 0 N–H and O–H groups in total. The van der Waals surface area contributed by atoms with E-state index in [9.17, 15) is 18.8 Å². The lowest BCUT2D eigenvalue weighted by Crippen LogP contribution is -2.32. The molecule has 30 heavy (non-hydrogen) atoms. The van der Waals surface area contributed by atoms with Crippen molar-refractivity contribution >= 4 is 56.8 Å². The molecule has 0 radical (unpaired) electrons. The van der Waals surface area contributed by atoms with Gasteiger partial charge in [-0.3, -0.25) is 14.4 Å². The van der Waals surface area contributed by atoms with Gasteiger partial charge in [0.2, 0.25) is 0 Å². The Hall–Kier alpha value is -2.26. The Morgan fingerprint density at radius 3 is 2.43 bits per heavy atom. The zero-order valence-corrected chi connectivity index (χ0v) is 18.5. The minimum Gasteiger partial charge on any atom is -0.459 e. The maximum Gasteiger partial charge on any atom is 0.316 e. The standard InChI is InChI=1S/C21H21FN2O4S2/c1-21(2,3)28-17(25)10-29-20-23-14-9-15(13(22)8-16(14)30-20)24-18(26)11-6-4-5-7-12(11)19(24)27/h8-9H,4-7,10H2,1-3H3. The largest absolute Gasteiger partial charge is 0.459 e. The molecule has 0 unspecified atom stereocenters. The third kappa shape index (κ3) is 4.00. The minimum absolute atomic E-state index is 0.0686. The van der Waals surface area contributed by atoms with Crippen LogP contribution in [0.3, 0.4) is 0 Å². The highest BCUT2D eigenvalue weighted by Crippen LogP contribution is 2.39. The van der Waals surface area contributed by atoms with Gasteiger partial charge in [0, 0.05) is 11.1 Å². The van der Waals surface area contributed by atoms with Crippen LogP contribution >= 0.6 is 23.1 Å². The van der Waals surface area contributed by atoms with Gasteiger partial charge in [-0.2, -0.15) is 0 Å². The van der Waals surface area contributed by atoms with Crippen molar-refractivity contribution in [3.8, 4) is 0 Å². The van der Waals surface area contributed by atoms with E-state index in [1.54, 1.807) is 20.8 Å². The number of esters is 1. The summed E-state index contributed by atoms with van der Waals surface area (Å²) in [7, 11) is 0. The first kappa shape index (κ1) is 21.0. The Balaban J connectivity index is 1.57. The number of hydrogen-bond acceptors (Lipinski definition) is 7. The monoisotopic (exact) mass is 448 g/mol. The van der Waals surface area contributed by atoms with Crippen molar-refractivity contribution in [3.63, 3.8) is 0 Å². The number of carbonyl (C=O) groups excluding carboxylic acids is 3. The molecule has 1 aromatic carbocycles. The van der Waals surface area contributed by atoms with Gasteiger partial charge in [-0.15, -0.1) is 11.3 Å². The van der Waals surface area contributed by atoms with E-state index in [-0.39, 0.29) is 17.4 Å². The Morgan fingerprint density at radius 2 is 1.83 bits per heavy atom. The van der Waals surface area contributed by atoms with Gasteiger partial charge in [0.1, 0.15) is 11.4 Å². The smallest absolute Gasteiger partial charge is 0.316 e. The number of rotatable bonds is 4. The molecule has 2 heterocycles. The first-order valence-electron chi connectivity index (χ1n) is 9.69. The first-order chi connectivity index (χ1) is 14.1. The number of carbonyl (C=O) groups is 3. The molecular weight excluding hydrogens is 427 g/mol. The number of halogens is 1. The lowest BCUT2D eigenvalue weighted by atomic mass is 9.93. The second-order valence-electron chi connectivity index (χ2n) is 8.24. The molecule has 0 spiro atoms. The van der Waals surface area contributed by atoms with E-state index in [2.05, 4.69) is 4.98 Å². The molecular formula is C21H21FN2O4S2. The van der Waals surface area contributed by atoms with Crippen LogP contribution in [0.5, 0.6) is 0 Å². The maximum absolute atomic E-state index is 14.8. The summed E-state index contributed by atoms with van der Waals surface area (Å²) < 4.78 is 21.3. The van der Waals surface area contributed by atoms with Gasteiger partial charge in [0.25, 0.3) is 11.8 Å². The number of benzene rings is 1. The average Bonchev–Trinajstić information content (AvgIpc) is 3.17. The van der Waals surface area contributed by atoms with E-state index in [1.807, 2.05) is 0 Å². The van der Waals surface area contributed by atoms with Crippen molar-refractivity contribution in [2.75, 3.05) is 10.7 Å². The quantitative estimate of drug-likeness (QED) is 0.386. The number of imide groups is 1. The van der Waals surface area contributed by atoms with Gasteiger partial charge >= 0.3 is 5.97 Å². The number of ether oxygens (including phenoxy) is 1. The van der Waals surface area contributed by atoms with Gasteiger partial charge in [-0.05, 0) is 58.6 Å². The van der Waals surface area contributed by atoms with Gasteiger partial charge in [-0.1, -0.05) is 11.8 Å². The summed E-state index contributed by atoms with van der Waals surface area (Å²) in [6, 6.07) is 2.73. The van der Waals surface area contributed by atoms with Crippen LogP contribution < -0.4 is 4.90 Å². The number of aromatic nitrogens is 1. The molecule has 9 heteroatoms. The number of anilines is 1. The van der Waals surface area contributed by atoms with Crippen molar-refractivity contribution in [1.29, 1.82) is 0 Å². The molecule has 158 valence electrons. The van der Waals surface area contributed by atoms with Crippen molar-refractivity contribution in [2.24, 2.45) is 0 Å². The van der Waals surface area contributed by atoms with Gasteiger partial charge in [0.15, 0.2) is 4.34 Å². The highest BCUT2D eigenvalue weighted by Gasteiger charge is 2.40. The predicted octanol–water partition coefficient (Wildman–Crippen LogP) is 4.61. The van der Waals surface area contributed by atoms with Crippen molar-refractivity contribution in [1.82, 2.24) is 4.98 Å². The summed E-state index contributed by atoms with van der Waals surface area (Å²) in [5.41, 5.74) is 0.871. The summed E-state index contributed by atoms with van der Waals surface area (Å²) in [6.07, 6.45) is 2.83. The second-order valence-corrected chi connectivity index (χ2v) is 10.5. The lowest BCUT2D eigenvalue weighted by molar-refractivity contribution is -0.151. The molecule has 1 aliphatic heterocycles. The number of amides is 2. The van der Waals surface area contributed by atoms with E-state index in [0.29, 0.717) is 38.5 Å². The van der Waals surface area contributed by atoms with E-state index in [4.69, 9.17) is 4.74 Å². The fourth-order valence-electron chi connectivity index (χ4n) is 3.60. The Morgan fingerprint density at radius 1 is 1.20 bits per heavy atom. The van der Waals surface area contributed by atoms with Crippen LogP contribution in [0.25, 0.3) is 10.2 Å². The van der Waals surface area contributed by atoms with Crippen molar-refractivity contribution in [2.45, 2.75) is 56.4 Å². The van der Waals surface area contributed by atoms with Crippen LogP contribution in [0.2, 0.25) is 0 Å². The topological polar surface area (TPSA) is 76.6 Å². The lowest BCUT2D eigenvalue weighted by Gasteiger charge is -2.18. The summed E-state index contributed by atoms with van der Waals surface area (Å²) in [5.74, 6) is -1.77. The molecule has 2 aliphatic rings. The van der Waals surface area contributed by atoms with Crippen LogP contribution in [0.15, 0.2) is 27.6 Å². The molecule has 4 rings (SSSR count). The maximum atomic E-state index is 14.8. The Bertz CT molecular complexity index is 1070. The molecule has 0 atom stereocenters. The number of thioether (sulfide) groups is 1. The summed E-state index contributed by atoms with van der Waals surface area (Å²) in [5, 5.41) is 0. The summed E-state index contributed by atoms with van der Waals surface area (Å²) in [4.78, 5) is 42.8. The van der Waals surface area contributed by atoms with E-state index in [0.717, 1.165) is 17.7 Å². The van der Waals surface area contributed by atoms with E-state index in [1.165, 1.54) is 35.2 Å². The normalized spacial score (nSPS) is 17.1. The molecule has 2 amide bonds. The molecule has 0 bridgehead atoms. The zero-order valence-electron chi connectivity index (χ0n) is 16.9. The number of nitrogens with zero attached hydrogens (tertiary/aromatic N) is 2. The fraction of sp³-hybridized carbons (Fsp3) is 0.429. The minimum atomic E-state index is -0.642. The molecule has 1 aliphatic carbocycles. The zero-order chi connectivity index (χ0) is 21.6. The molecule has 0 saturated heterocycles. The van der Waals surface area contributed by atoms with Crippen LogP contribution in [-0.4, -0.2) is 34.1 Å². The van der Waals surface area contributed by atoms with Crippen LogP contribution in [0, 0.1) is 5.82 Å². The molecule has 6 nitrogen and oxygen atoms in total. The molecule has 1 aromatic heterocycles. The van der Waals surface area contributed by atoms with Crippen LogP contribution in [-0.2, 0) is 19.1 Å². The highest BCUT2D eigenvalue weighted by atomic mass is 32.2. The third-order valence-electron chi connectivity index (χ3n) is 4.80. The second kappa shape index (κ2) is 7.77. The van der Waals surface area contributed by atoms with Gasteiger partial charge < -0.3 is 4.74 Å². The predicted molar refractivity (Wildman–Crippen MR) is 114 cm³/mol. The van der Waals surface area contributed by atoms with Crippen molar-refractivity contribution < 1.29 is 23.5 Å². The SMILES string of the molecule is CC(C)(C)OC(=O)CSc1nc2cc(N3C(=O)C4=C(CCCC4)C3=O)c(F)cc2s1. The van der Waals surface area contributed by atoms with Crippen LogP contribution in [0.1, 0.15) is 46.5 Å². The van der Waals surface area contributed by atoms with Crippen LogP contribution in [0.4, 0.5) is 10.1 Å². The summed E-state index contributed by atoms with van der Waals surface area (Å²) >= 11 is 2.46. The highest BCUT2D eigenvalue weighted by molar-refractivity contribution is 8.01. The molecule has 0 fully saturated rings. The van der Waals surface area contributed by atoms with E-state index < -0.39 is 23.2 Å². The number of thiazole rings is 1. The van der Waals surface area contributed by atoms with E-state index >= 15 is 0 Å². The third-order valence-corrected chi connectivity index (χ3v) is 6.94.